The number of aromatic nitrogens is 2. The minimum Gasteiger partial charge on any atom is -0.271 e. The van der Waals surface area contributed by atoms with E-state index in [2.05, 4.69) is 10.5 Å². The summed E-state index contributed by atoms with van der Waals surface area (Å²) in [5.74, 6) is 6.44. The van der Waals surface area contributed by atoms with Crippen LogP contribution in [0.1, 0.15) is 30.5 Å². The van der Waals surface area contributed by atoms with Crippen LogP contribution < -0.4 is 11.3 Å². The van der Waals surface area contributed by atoms with Crippen LogP contribution in [0.5, 0.6) is 0 Å². The molecule has 3 N–H and O–H groups in total. The van der Waals surface area contributed by atoms with Crippen molar-refractivity contribution in [1.82, 2.24) is 15.2 Å². The van der Waals surface area contributed by atoms with Crippen molar-refractivity contribution in [2.75, 3.05) is 0 Å². The molecule has 1 fully saturated rings. The Balaban J connectivity index is 2.05. The molecule has 1 aliphatic carbocycles. The number of nitrogens with zero attached hydrogens (tertiary/aromatic N) is 2. The topological polar surface area (TPSA) is 55.9 Å². The van der Waals surface area contributed by atoms with Crippen LogP contribution >= 0.6 is 11.6 Å². The van der Waals surface area contributed by atoms with E-state index in [1.807, 2.05) is 14.0 Å². The van der Waals surface area contributed by atoms with Gasteiger partial charge in [-0.1, -0.05) is 24.4 Å². The van der Waals surface area contributed by atoms with Gasteiger partial charge in [0.1, 0.15) is 5.15 Å². The zero-order chi connectivity index (χ0) is 11.7. The average Bonchev–Trinajstić information content (AvgIpc) is 3.02. The second-order valence-corrected chi connectivity index (χ2v) is 5.08. The van der Waals surface area contributed by atoms with Crippen LogP contribution in [0.25, 0.3) is 0 Å². The maximum Gasteiger partial charge on any atom is 0.130 e. The van der Waals surface area contributed by atoms with Gasteiger partial charge in [-0.05, 0) is 25.7 Å². The van der Waals surface area contributed by atoms with Crippen LogP contribution in [0, 0.1) is 12.8 Å². The number of nitrogens with two attached hydrogens (primary N) is 1. The van der Waals surface area contributed by atoms with Gasteiger partial charge in [-0.15, -0.1) is 0 Å². The first-order valence-electron chi connectivity index (χ1n) is 5.76. The number of rotatable bonds is 5. The molecule has 4 nitrogen and oxygen atoms in total. The number of hydrogen-bond acceptors (Lipinski definition) is 3. The van der Waals surface area contributed by atoms with E-state index in [1.54, 1.807) is 4.68 Å². The van der Waals surface area contributed by atoms with E-state index in [9.17, 15) is 0 Å². The van der Waals surface area contributed by atoms with Crippen LogP contribution in [-0.2, 0) is 13.5 Å². The first-order chi connectivity index (χ1) is 7.61. The van der Waals surface area contributed by atoms with Crippen molar-refractivity contribution in [2.24, 2.45) is 18.8 Å². The van der Waals surface area contributed by atoms with Crippen molar-refractivity contribution in [2.45, 2.75) is 38.6 Å². The Kier molecular flexibility index (Phi) is 3.52. The fraction of sp³-hybridized carbons (Fsp3) is 0.727. The fourth-order valence-electron chi connectivity index (χ4n) is 2.12. The van der Waals surface area contributed by atoms with Crippen molar-refractivity contribution in [3.8, 4) is 0 Å². The molecule has 1 atom stereocenters. The summed E-state index contributed by atoms with van der Waals surface area (Å²) in [5.41, 5.74) is 5.01. The fourth-order valence-corrected chi connectivity index (χ4v) is 2.37. The summed E-state index contributed by atoms with van der Waals surface area (Å²) in [6, 6.07) is 0.313. The predicted octanol–water partition coefficient (Wildman–Crippen LogP) is 1.56. The van der Waals surface area contributed by atoms with Gasteiger partial charge in [-0.3, -0.25) is 16.0 Å². The van der Waals surface area contributed by atoms with Gasteiger partial charge in [0.15, 0.2) is 0 Å². The Morgan fingerprint density at radius 3 is 2.75 bits per heavy atom. The lowest BCUT2D eigenvalue weighted by atomic mass is 10.0. The highest BCUT2D eigenvalue weighted by Crippen LogP contribution is 2.34. The first kappa shape index (κ1) is 11.9. The van der Waals surface area contributed by atoms with Crippen LogP contribution in [0.15, 0.2) is 0 Å². The third-order valence-corrected chi connectivity index (χ3v) is 3.74. The van der Waals surface area contributed by atoms with Crippen LogP contribution in [0.3, 0.4) is 0 Å². The molecule has 16 heavy (non-hydrogen) atoms. The molecule has 1 saturated carbocycles. The molecule has 0 aromatic carbocycles. The summed E-state index contributed by atoms with van der Waals surface area (Å²) in [5, 5.41) is 5.04. The summed E-state index contributed by atoms with van der Waals surface area (Å²) in [6.07, 6.45) is 4.70. The third kappa shape index (κ3) is 2.56. The van der Waals surface area contributed by atoms with Gasteiger partial charge in [-0.25, -0.2) is 0 Å². The molecule has 0 amide bonds. The van der Waals surface area contributed by atoms with Gasteiger partial charge in [0.2, 0.25) is 0 Å². The molecule has 1 aromatic rings. The molecular weight excluding hydrogens is 224 g/mol. The minimum atomic E-state index is 0.313. The number of aryl methyl sites for hydroxylation is 2. The van der Waals surface area contributed by atoms with E-state index in [0.717, 1.165) is 35.2 Å². The van der Waals surface area contributed by atoms with Crippen molar-refractivity contribution in [3.63, 3.8) is 0 Å². The lowest BCUT2D eigenvalue weighted by Crippen LogP contribution is -2.37. The molecule has 1 aliphatic rings. The number of hydrazine groups is 1. The summed E-state index contributed by atoms with van der Waals surface area (Å²) in [4.78, 5) is 0. The highest BCUT2D eigenvalue weighted by Gasteiger charge is 2.26. The Labute approximate surface area is 101 Å². The van der Waals surface area contributed by atoms with Crippen molar-refractivity contribution >= 4 is 11.6 Å². The number of halogens is 1. The normalized spacial score (nSPS) is 17.8. The number of hydrogen-bond donors (Lipinski definition) is 2. The standard InChI is InChI=1S/C11H19ClN4/c1-7-10(11(12)16(2)15-7)6-9(14-13)5-8-3-4-8/h8-9,14H,3-6,13H2,1-2H3. The summed E-state index contributed by atoms with van der Waals surface area (Å²) < 4.78 is 1.72. The van der Waals surface area contributed by atoms with E-state index in [0.29, 0.717) is 6.04 Å². The Morgan fingerprint density at radius 1 is 1.62 bits per heavy atom. The third-order valence-electron chi connectivity index (χ3n) is 3.27. The van der Waals surface area contributed by atoms with Gasteiger partial charge in [0.25, 0.3) is 0 Å². The number of nitrogens with one attached hydrogen (secondary N) is 1. The molecule has 0 spiro atoms. The molecule has 0 saturated heterocycles. The lowest BCUT2D eigenvalue weighted by Gasteiger charge is -2.15. The molecule has 1 heterocycles. The monoisotopic (exact) mass is 242 g/mol. The average molecular weight is 243 g/mol. The van der Waals surface area contributed by atoms with Gasteiger partial charge >= 0.3 is 0 Å². The van der Waals surface area contributed by atoms with E-state index in [4.69, 9.17) is 17.4 Å². The molecule has 2 rings (SSSR count). The van der Waals surface area contributed by atoms with Crippen LogP contribution in [0.4, 0.5) is 0 Å². The first-order valence-corrected chi connectivity index (χ1v) is 6.13. The molecular formula is C11H19ClN4. The van der Waals surface area contributed by atoms with Gasteiger partial charge in [0.05, 0.1) is 5.69 Å². The minimum absolute atomic E-state index is 0.313. The van der Waals surface area contributed by atoms with Crippen molar-refractivity contribution in [1.29, 1.82) is 0 Å². The molecule has 90 valence electrons. The van der Waals surface area contributed by atoms with Crippen molar-refractivity contribution in [3.05, 3.63) is 16.4 Å². The molecule has 0 bridgehead atoms. The molecule has 1 aromatic heterocycles. The zero-order valence-electron chi connectivity index (χ0n) is 9.83. The SMILES string of the molecule is Cc1nn(C)c(Cl)c1CC(CC1CC1)NN. The van der Waals surface area contributed by atoms with Crippen LogP contribution in [-0.4, -0.2) is 15.8 Å². The Hall–Kier alpha value is -0.580. The molecule has 1 unspecified atom stereocenters. The van der Waals surface area contributed by atoms with Gasteiger partial charge in [-0.2, -0.15) is 5.10 Å². The van der Waals surface area contributed by atoms with Crippen LogP contribution in [0.2, 0.25) is 5.15 Å². The highest BCUT2D eigenvalue weighted by atomic mass is 35.5. The largest absolute Gasteiger partial charge is 0.271 e. The van der Waals surface area contributed by atoms with E-state index in [-0.39, 0.29) is 0 Å². The maximum absolute atomic E-state index is 6.20. The summed E-state index contributed by atoms with van der Waals surface area (Å²) in [7, 11) is 1.87. The van der Waals surface area contributed by atoms with Crippen molar-refractivity contribution < 1.29 is 0 Å². The molecule has 0 radical (unpaired) electrons. The second-order valence-electron chi connectivity index (χ2n) is 4.73. The second kappa shape index (κ2) is 4.73. The van der Waals surface area contributed by atoms with E-state index >= 15 is 0 Å². The predicted molar refractivity (Wildman–Crippen MR) is 65.1 cm³/mol. The van der Waals surface area contributed by atoms with Gasteiger partial charge < -0.3 is 0 Å². The maximum atomic E-state index is 6.20. The zero-order valence-corrected chi connectivity index (χ0v) is 10.6. The Morgan fingerprint density at radius 2 is 2.31 bits per heavy atom. The van der Waals surface area contributed by atoms with E-state index in [1.165, 1.54) is 12.8 Å². The smallest absolute Gasteiger partial charge is 0.130 e. The van der Waals surface area contributed by atoms with Gasteiger partial charge in [0, 0.05) is 18.7 Å². The van der Waals surface area contributed by atoms with E-state index < -0.39 is 0 Å². The summed E-state index contributed by atoms with van der Waals surface area (Å²) in [6.45, 7) is 1.99. The lowest BCUT2D eigenvalue weighted by molar-refractivity contribution is 0.465. The highest BCUT2D eigenvalue weighted by molar-refractivity contribution is 6.30. The quantitative estimate of drug-likeness (QED) is 0.609. The summed E-state index contributed by atoms with van der Waals surface area (Å²) >= 11 is 6.20. The molecule has 5 heteroatoms. The Bertz CT molecular complexity index is 370. The molecule has 0 aliphatic heterocycles.